The molecule has 19 heavy (non-hydrogen) atoms. The second-order valence-electron chi connectivity index (χ2n) is 4.39. The molecule has 0 bridgehead atoms. The molecule has 1 aromatic heterocycles. The van der Waals surface area contributed by atoms with Gasteiger partial charge in [0.1, 0.15) is 11.5 Å². The number of hydrogen-bond acceptors (Lipinski definition) is 4. The van der Waals surface area contributed by atoms with E-state index in [0.29, 0.717) is 18.1 Å². The third-order valence-electron chi connectivity index (χ3n) is 2.33. The molecule has 3 N–H and O–H groups in total. The second-order valence-corrected chi connectivity index (χ2v) is 4.39. The SMILES string of the molecule is CNc1cccc(C(=O)NCCC(=O)NC(C)C)n1. The molecular formula is C13H20N4O2. The highest BCUT2D eigenvalue weighted by atomic mass is 16.2. The second kappa shape index (κ2) is 7.35. The fraction of sp³-hybridized carbons (Fsp3) is 0.462. The number of aromatic nitrogens is 1. The molecule has 0 saturated heterocycles. The maximum atomic E-state index is 11.8. The van der Waals surface area contributed by atoms with Crippen molar-refractivity contribution >= 4 is 17.6 Å². The number of nitrogens with zero attached hydrogens (tertiary/aromatic N) is 1. The van der Waals surface area contributed by atoms with E-state index in [1.54, 1.807) is 25.2 Å². The zero-order chi connectivity index (χ0) is 14.3. The average Bonchev–Trinajstić information content (AvgIpc) is 2.37. The monoisotopic (exact) mass is 264 g/mol. The minimum Gasteiger partial charge on any atom is -0.373 e. The van der Waals surface area contributed by atoms with Gasteiger partial charge in [0, 0.05) is 26.1 Å². The molecule has 0 aromatic carbocycles. The summed E-state index contributed by atoms with van der Waals surface area (Å²) >= 11 is 0. The molecule has 6 nitrogen and oxygen atoms in total. The van der Waals surface area contributed by atoms with Gasteiger partial charge in [0.05, 0.1) is 0 Å². The Kier molecular flexibility index (Phi) is 5.78. The Morgan fingerprint density at radius 2 is 2.05 bits per heavy atom. The molecule has 1 aromatic rings. The third kappa shape index (κ3) is 5.37. The lowest BCUT2D eigenvalue weighted by Gasteiger charge is -2.09. The van der Waals surface area contributed by atoms with Crippen LogP contribution in [0.4, 0.5) is 5.82 Å². The summed E-state index contributed by atoms with van der Waals surface area (Å²) in [6.45, 7) is 4.08. The first-order chi connectivity index (χ1) is 9.02. The number of pyridine rings is 1. The molecule has 1 rings (SSSR count). The number of hydrogen-bond donors (Lipinski definition) is 3. The van der Waals surface area contributed by atoms with Crippen LogP contribution < -0.4 is 16.0 Å². The maximum absolute atomic E-state index is 11.8. The largest absolute Gasteiger partial charge is 0.373 e. The molecule has 0 spiro atoms. The quantitative estimate of drug-likeness (QED) is 0.708. The van der Waals surface area contributed by atoms with E-state index in [1.165, 1.54) is 0 Å². The molecule has 0 aliphatic heterocycles. The molecule has 0 atom stereocenters. The smallest absolute Gasteiger partial charge is 0.269 e. The van der Waals surface area contributed by atoms with Crippen LogP contribution in [0.1, 0.15) is 30.8 Å². The number of anilines is 1. The van der Waals surface area contributed by atoms with Crippen LogP contribution in [0.3, 0.4) is 0 Å². The molecule has 0 aliphatic carbocycles. The lowest BCUT2D eigenvalue weighted by Crippen LogP contribution is -2.34. The molecular weight excluding hydrogens is 244 g/mol. The van der Waals surface area contributed by atoms with E-state index in [0.717, 1.165) is 0 Å². The van der Waals surface area contributed by atoms with E-state index in [2.05, 4.69) is 20.9 Å². The van der Waals surface area contributed by atoms with Crippen LogP contribution in [-0.4, -0.2) is 36.4 Å². The van der Waals surface area contributed by atoms with Crippen molar-refractivity contribution in [3.63, 3.8) is 0 Å². The van der Waals surface area contributed by atoms with E-state index in [1.807, 2.05) is 13.8 Å². The lowest BCUT2D eigenvalue weighted by atomic mass is 10.3. The van der Waals surface area contributed by atoms with Gasteiger partial charge in [-0.05, 0) is 26.0 Å². The number of nitrogens with one attached hydrogen (secondary N) is 3. The number of rotatable bonds is 6. The van der Waals surface area contributed by atoms with Crippen molar-refractivity contribution in [3.8, 4) is 0 Å². The fourth-order valence-electron chi connectivity index (χ4n) is 1.47. The Morgan fingerprint density at radius 3 is 2.68 bits per heavy atom. The molecule has 0 radical (unpaired) electrons. The summed E-state index contributed by atoms with van der Waals surface area (Å²) in [5.41, 5.74) is 0.330. The van der Waals surface area contributed by atoms with Gasteiger partial charge >= 0.3 is 0 Å². The van der Waals surface area contributed by atoms with Crippen molar-refractivity contribution in [1.29, 1.82) is 0 Å². The highest BCUT2D eigenvalue weighted by Crippen LogP contribution is 2.03. The van der Waals surface area contributed by atoms with Gasteiger partial charge in [0.15, 0.2) is 0 Å². The molecule has 6 heteroatoms. The number of carbonyl (C=O) groups is 2. The van der Waals surface area contributed by atoms with Crippen LogP contribution in [0.5, 0.6) is 0 Å². The Hall–Kier alpha value is -2.11. The summed E-state index contributed by atoms with van der Waals surface area (Å²) in [6, 6.07) is 5.26. The van der Waals surface area contributed by atoms with Crippen LogP contribution in [0.25, 0.3) is 0 Å². The Bertz CT molecular complexity index is 446. The first-order valence-corrected chi connectivity index (χ1v) is 6.25. The first kappa shape index (κ1) is 14.9. The van der Waals surface area contributed by atoms with Gasteiger partial charge in [-0.25, -0.2) is 4.98 Å². The van der Waals surface area contributed by atoms with Gasteiger partial charge in [-0.2, -0.15) is 0 Å². The zero-order valence-corrected chi connectivity index (χ0v) is 11.5. The summed E-state index contributed by atoms with van der Waals surface area (Å²) in [5.74, 6) is 0.270. The fourth-order valence-corrected chi connectivity index (χ4v) is 1.47. The zero-order valence-electron chi connectivity index (χ0n) is 11.5. The topological polar surface area (TPSA) is 83.1 Å². The van der Waals surface area contributed by atoms with Crippen LogP contribution in [0.2, 0.25) is 0 Å². The number of amides is 2. The molecule has 104 valence electrons. The van der Waals surface area contributed by atoms with E-state index in [4.69, 9.17) is 0 Å². The van der Waals surface area contributed by atoms with Crippen molar-refractivity contribution in [2.24, 2.45) is 0 Å². The standard InChI is InChI=1S/C13H20N4O2/c1-9(2)16-12(18)7-8-15-13(19)10-5-4-6-11(14-3)17-10/h4-6,9H,7-8H2,1-3H3,(H,14,17)(H,15,19)(H,16,18). The minimum atomic E-state index is -0.283. The van der Waals surface area contributed by atoms with Gasteiger partial charge in [-0.3, -0.25) is 9.59 Å². The summed E-state index contributed by atoms with van der Waals surface area (Å²) < 4.78 is 0. The molecule has 1 heterocycles. The molecule has 0 aliphatic rings. The number of carbonyl (C=O) groups excluding carboxylic acids is 2. The van der Waals surface area contributed by atoms with Crippen LogP contribution >= 0.6 is 0 Å². The predicted molar refractivity (Wildman–Crippen MR) is 74.0 cm³/mol. The van der Waals surface area contributed by atoms with E-state index < -0.39 is 0 Å². The van der Waals surface area contributed by atoms with E-state index in [-0.39, 0.29) is 24.3 Å². The first-order valence-electron chi connectivity index (χ1n) is 6.25. The van der Waals surface area contributed by atoms with Crippen LogP contribution in [0.15, 0.2) is 18.2 Å². The van der Waals surface area contributed by atoms with Gasteiger partial charge in [0.25, 0.3) is 5.91 Å². The third-order valence-corrected chi connectivity index (χ3v) is 2.33. The maximum Gasteiger partial charge on any atom is 0.269 e. The van der Waals surface area contributed by atoms with Crippen molar-refractivity contribution in [2.75, 3.05) is 18.9 Å². The van der Waals surface area contributed by atoms with Crippen molar-refractivity contribution in [1.82, 2.24) is 15.6 Å². The van der Waals surface area contributed by atoms with Crippen molar-refractivity contribution in [3.05, 3.63) is 23.9 Å². The Balaban J connectivity index is 2.40. The summed E-state index contributed by atoms with van der Waals surface area (Å²) in [4.78, 5) is 27.3. The van der Waals surface area contributed by atoms with Gasteiger partial charge in [0.2, 0.25) is 5.91 Å². The van der Waals surface area contributed by atoms with E-state index >= 15 is 0 Å². The lowest BCUT2D eigenvalue weighted by molar-refractivity contribution is -0.121. The Labute approximate surface area is 113 Å². The van der Waals surface area contributed by atoms with Crippen LogP contribution in [-0.2, 0) is 4.79 Å². The van der Waals surface area contributed by atoms with Gasteiger partial charge in [-0.15, -0.1) is 0 Å². The van der Waals surface area contributed by atoms with Crippen molar-refractivity contribution in [2.45, 2.75) is 26.3 Å². The van der Waals surface area contributed by atoms with Crippen molar-refractivity contribution < 1.29 is 9.59 Å². The molecule has 0 unspecified atom stereocenters. The molecule has 0 fully saturated rings. The highest BCUT2D eigenvalue weighted by molar-refractivity contribution is 5.92. The summed E-state index contributed by atoms with van der Waals surface area (Å²) in [6.07, 6.45) is 0.260. The van der Waals surface area contributed by atoms with Gasteiger partial charge in [-0.1, -0.05) is 6.07 Å². The minimum absolute atomic E-state index is 0.0766. The van der Waals surface area contributed by atoms with Gasteiger partial charge < -0.3 is 16.0 Å². The highest BCUT2D eigenvalue weighted by Gasteiger charge is 2.08. The Morgan fingerprint density at radius 1 is 1.32 bits per heavy atom. The summed E-state index contributed by atoms with van der Waals surface area (Å²) in [7, 11) is 1.74. The molecule has 2 amide bonds. The summed E-state index contributed by atoms with van der Waals surface area (Å²) in [5, 5.41) is 8.29. The normalized spacial score (nSPS) is 10.1. The molecule has 0 saturated carbocycles. The predicted octanol–water partition coefficient (Wildman–Crippen LogP) is 0.768. The van der Waals surface area contributed by atoms with Crippen LogP contribution in [0, 0.1) is 0 Å². The average molecular weight is 264 g/mol. The van der Waals surface area contributed by atoms with E-state index in [9.17, 15) is 9.59 Å².